The zero-order valence-electron chi connectivity index (χ0n) is 38.6. The number of phenolic OH excluding ortho intramolecular Hbond substituents is 1. The van der Waals surface area contributed by atoms with Gasteiger partial charge in [-0.25, -0.2) is 33.6 Å². The highest BCUT2D eigenvalue weighted by Gasteiger charge is 2.57. The Morgan fingerprint density at radius 2 is 1.28 bits per heavy atom. The molecule has 2 aromatic carbocycles. The van der Waals surface area contributed by atoms with E-state index >= 15 is 0 Å². The first-order valence-electron chi connectivity index (χ1n) is 21.2. The quantitative estimate of drug-likeness (QED) is 0.0482. The number of Topliss-reactive ketones (excluding diaryl/α,β-unsaturated/α-hetero) is 1. The summed E-state index contributed by atoms with van der Waals surface area (Å²) in [5.41, 5.74) is -1.45. The van der Waals surface area contributed by atoms with Gasteiger partial charge in [0.05, 0.1) is 12.7 Å². The predicted molar refractivity (Wildman–Crippen MR) is 229 cm³/mol. The number of ketones is 1. The van der Waals surface area contributed by atoms with Crippen LogP contribution in [0.3, 0.4) is 0 Å². The first-order valence-corrected chi connectivity index (χ1v) is 21.6. The zero-order valence-corrected chi connectivity index (χ0v) is 39.4. The molecule has 402 valence electrons. The van der Waals surface area contributed by atoms with Crippen molar-refractivity contribution in [3.8, 4) is 17.2 Å². The van der Waals surface area contributed by atoms with Crippen LogP contribution < -0.4 is 14.8 Å². The van der Waals surface area contributed by atoms with Gasteiger partial charge in [0.15, 0.2) is 72.6 Å². The van der Waals surface area contributed by atoms with Crippen LogP contribution in [0.2, 0.25) is 0 Å². The summed E-state index contributed by atoms with van der Waals surface area (Å²) in [4.78, 5) is 112. The number of fused-ring (bicyclic) bond motifs is 2. The number of benzene rings is 2. The van der Waals surface area contributed by atoms with Crippen LogP contribution in [0.15, 0.2) is 39.2 Å². The minimum atomic E-state index is -2.32. The molecule has 4 heterocycles. The van der Waals surface area contributed by atoms with Gasteiger partial charge >= 0.3 is 53.7 Å². The molecule has 74 heavy (non-hydrogen) atoms. The van der Waals surface area contributed by atoms with Gasteiger partial charge in [-0.3, -0.25) is 9.59 Å². The minimum absolute atomic E-state index is 0.00556. The number of phenols is 1. The fraction of sp³-hybridized carbons (Fsp3) is 0.476. The molecule has 0 aliphatic carbocycles. The molecule has 7 N–H and O–H groups in total. The Kier molecular flexibility index (Phi) is 16.9. The number of esters is 2. The number of nitrogens with one attached hydrogen (secondary N) is 1. The molecule has 0 spiro atoms. The molecule has 0 radical (unpaired) electrons. The van der Waals surface area contributed by atoms with Crippen molar-refractivity contribution >= 4 is 78.0 Å². The molecule has 6 rings (SSSR count). The number of rotatable bonds is 15. The fourth-order valence-corrected chi connectivity index (χ4v) is 7.86. The lowest BCUT2D eigenvalue weighted by molar-refractivity contribution is -0.334. The Morgan fingerprint density at radius 1 is 0.716 bits per heavy atom. The van der Waals surface area contributed by atoms with Gasteiger partial charge in [-0.1, -0.05) is 6.07 Å². The van der Waals surface area contributed by atoms with Crippen LogP contribution >= 0.6 is 12.2 Å². The van der Waals surface area contributed by atoms with Crippen molar-refractivity contribution in [2.75, 3.05) is 13.2 Å². The predicted octanol–water partition coefficient (Wildman–Crippen LogP) is 4.33. The Labute approximate surface area is 417 Å². The van der Waals surface area contributed by atoms with E-state index in [0.717, 1.165) is 26.0 Å². The Hall–Kier alpha value is -8.20. The van der Waals surface area contributed by atoms with E-state index in [-0.39, 0.29) is 21.6 Å². The average molecular weight is 1070 g/mol. The summed E-state index contributed by atoms with van der Waals surface area (Å²) < 4.78 is 80.5. The molecule has 2 fully saturated rings. The van der Waals surface area contributed by atoms with Crippen LogP contribution in [-0.4, -0.2) is 171 Å². The molecule has 32 heteroatoms. The van der Waals surface area contributed by atoms with Gasteiger partial charge in [-0.15, -0.1) is 0 Å². The van der Waals surface area contributed by atoms with E-state index < -0.39 is 170 Å². The summed E-state index contributed by atoms with van der Waals surface area (Å²) in [5, 5.41) is 61.6. The molecular weight excluding hydrogens is 1030 g/mol. The Morgan fingerprint density at radius 3 is 1.89 bits per heavy atom. The normalized spacial score (nSPS) is 26.4. The van der Waals surface area contributed by atoms with E-state index in [1.165, 1.54) is 18.2 Å². The lowest BCUT2D eigenvalue weighted by Crippen LogP contribution is -2.65. The summed E-state index contributed by atoms with van der Waals surface area (Å²) in [5.74, 6) is -5.21. The number of ether oxygens (including phenoxy) is 13. The van der Waals surface area contributed by atoms with Crippen molar-refractivity contribution in [1.29, 1.82) is 0 Å². The first-order chi connectivity index (χ1) is 34.7. The maximum absolute atomic E-state index is 14.8. The lowest BCUT2D eigenvalue weighted by Gasteiger charge is -2.46. The largest absolute Gasteiger partial charge is 0.507 e. The van der Waals surface area contributed by atoms with Crippen molar-refractivity contribution in [2.24, 2.45) is 0 Å². The fourth-order valence-electron chi connectivity index (χ4n) is 7.68. The SMILES string of the molecule is CC(=O)OC1C(OC2C(=O)c3c(O)cc(OC(=O)CNC(=O)OC(C)(C)C)cc3OC2c2ccc3oc(=S)oc3c2)O[C@H](COC2OC(C)C(OC(=O)O)[C@@H](OC(=O)O)[C@H]2OC(=O)O)C(OC(=O)O)[C@@H]1OC(=O)O. The number of carbonyl (C=O) groups is 9. The number of hydrogen-bond donors (Lipinski definition) is 7. The third-order valence-electron chi connectivity index (χ3n) is 10.3. The summed E-state index contributed by atoms with van der Waals surface area (Å²) in [6.45, 7) is 4.82. The summed E-state index contributed by atoms with van der Waals surface area (Å²) >= 11 is 5.00. The van der Waals surface area contributed by atoms with Crippen molar-refractivity contribution in [2.45, 2.75) is 114 Å². The van der Waals surface area contributed by atoms with Crippen LogP contribution in [0.1, 0.15) is 56.6 Å². The van der Waals surface area contributed by atoms with Crippen LogP contribution in [0.25, 0.3) is 11.2 Å². The highest BCUT2D eigenvalue weighted by Crippen LogP contribution is 2.45. The van der Waals surface area contributed by atoms with Gasteiger partial charge in [0.2, 0.25) is 5.78 Å². The van der Waals surface area contributed by atoms with Crippen molar-refractivity contribution in [3.63, 3.8) is 0 Å². The number of carboxylic acid groups (broad SMARTS) is 5. The smallest absolute Gasteiger partial charge is 0.506 e. The van der Waals surface area contributed by atoms with Gasteiger partial charge in [0.1, 0.15) is 41.1 Å². The highest BCUT2D eigenvalue weighted by atomic mass is 32.1. The molecule has 2 saturated heterocycles. The molecule has 1 amide bonds. The third kappa shape index (κ3) is 13.6. The standard InChI is InChI=1S/C42H43NO30S/c1-13-25(68-36(49)50)29(70-38(53)54)31(72-40(57)58)33(60-13)59-12-21-27(69-37(51)52)30(71-39(55)56)32(61-14(2)44)34(64-21)67-28-24(47)23-17(45)9-16(62-22(46)11-43-35(48)73-42(3,4)5)10-20(23)63-26(28)15-6-7-18-19(8-15)66-41(74)65-18/h6-10,13,21,25-34,45H,11-12H2,1-5H3,(H,43,48)(H,49,50)(H,51,52)(H,53,54)(H,55,56)(H,57,58)/t13?,21-,25?,26?,27?,28?,29-,30+,31-,32?,33?,34?/m1/s1. The summed E-state index contributed by atoms with van der Waals surface area (Å²) in [6, 6.07) is 5.79. The second-order valence-electron chi connectivity index (χ2n) is 16.7. The monoisotopic (exact) mass is 1070 g/mol. The number of aromatic hydroxyl groups is 1. The van der Waals surface area contributed by atoms with Crippen LogP contribution in [0.4, 0.5) is 28.8 Å². The lowest BCUT2D eigenvalue weighted by atomic mass is 9.92. The van der Waals surface area contributed by atoms with Gasteiger partial charge in [-0.2, -0.15) is 0 Å². The molecule has 8 unspecified atom stereocenters. The summed E-state index contributed by atoms with van der Waals surface area (Å²) in [7, 11) is 0. The molecule has 31 nitrogen and oxygen atoms in total. The Bertz CT molecular complexity index is 2730. The highest BCUT2D eigenvalue weighted by molar-refractivity contribution is 7.71. The number of amides is 1. The molecule has 3 aliphatic rings. The second kappa shape index (κ2) is 22.7. The van der Waals surface area contributed by atoms with E-state index in [1.54, 1.807) is 20.8 Å². The zero-order chi connectivity index (χ0) is 54.5. The average Bonchev–Trinajstić information content (AvgIpc) is 3.65. The maximum Gasteiger partial charge on any atom is 0.506 e. The number of hydrogen-bond acceptors (Lipinski definition) is 26. The molecule has 1 aromatic heterocycles. The molecule has 0 bridgehead atoms. The van der Waals surface area contributed by atoms with Crippen molar-refractivity contribution in [3.05, 3.63) is 46.4 Å². The van der Waals surface area contributed by atoms with E-state index in [1.807, 2.05) is 0 Å². The van der Waals surface area contributed by atoms with Crippen LogP contribution in [-0.2, 0) is 61.7 Å². The van der Waals surface area contributed by atoms with E-state index in [4.69, 9.17) is 82.6 Å². The number of carbonyl (C=O) groups excluding carboxylic acids is 4. The van der Waals surface area contributed by atoms with Gasteiger partial charge in [0.25, 0.3) is 0 Å². The van der Waals surface area contributed by atoms with E-state index in [9.17, 15) is 73.8 Å². The summed E-state index contributed by atoms with van der Waals surface area (Å²) in [6.07, 6.45) is -36.3. The van der Waals surface area contributed by atoms with Gasteiger partial charge in [0, 0.05) is 31.3 Å². The number of alkyl carbamates (subject to hydrolysis) is 1. The van der Waals surface area contributed by atoms with E-state index in [0.29, 0.717) is 0 Å². The van der Waals surface area contributed by atoms with Crippen LogP contribution in [0, 0.1) is 4.90 Å². The molecule has 0 saturated carbocycles. The maximum atomic E-state index is 14.8. The topological polar surface area (TPSA) is 433 Å². The minimum Gasteiger partial charge on any atom is -0.507 e. The molecule has 3 aromatic rings. The van der Waals surface area contributed by atoms with Crippen molar-refractivity contribution < 1.29 is 144 Å². The molecular formula is C42H43NO30S. The first kappa shape index (κ1) is 55.1. The molecule has 12 atom stereocenters. The Balaban J connectivity index is 1.40. The van der Waals surface area contributed by atoms with Gasteiger partial charge in [-0.05, 0) is 45.4 Å². The molecule has 3 aliphatic heterocycles. The van der Waals surface area contributed by atoms with Crippen LogP contribution in [0.5, 0.6) is 17.2 Å². The second-order valence-corrected chi connectivity index (χ2v) is 17.0. The van der Waals surface area contributed by atoms with Gasteiger partial charge < -0.3 is 106 Å². The third-order valence-corrected chi connectivity index (χ3v) is 10.5. The van der Waals surface area contributed by atoms with Crippen molar-refractivity contribution in [1.82, 2.24) is 5.32 Å². The van der Waals surface area contributed by atoms with E-state index in [2.05, 4.69) is 5.32 Å².